The average Bonchev–Trinajstić information content (AvgIpc) is 3.21. The lowest BCUT2D eigenvalue weighted by Crippen LogP contribution is -2.53. The lowest BCUT2D eigenvalue weighted by Gasteiger charge is -2.42. The number of carbonyl (C=O) groups is 1. The highest BCUT2D eigenvalue weighted by molar-refractivity contribution is 5.85. The number of hydrogen-bond donors (Lipinski definition) is 0. The second-order valence-electron chi connectivity index (χ2n) is 7.91. The Morgan fingerprint density at radius 1 is 1.20 bits per heavy atom. The topological polar surface area (TPSA) is 66.7 Å². The maximum atomic E-state index is 13.2. The molecule has 1 heterocycles. The summed E-state index contributed by atoms with van der Waals surface area (Å²) in [5, 5.41) is 11.3. The number of halogens is 4. The molecule has 1 aromatic rings. The van der Waals surface area contributed by atoms with Gasteiger partial charge in [0.2, 0.25) is 5.91 Å². The van der Waals surface area contributed by atoms with E-state index in [4.69, 9.17) is 0 Å². The van der Waals surface area contributed by atoms with Crippen molar-refractivity contribution in [1.82, 2.24) is 9.80 Å². The van der Waals surface area contributed by atoms with Crippen LogP contribution in [0.4, 0.5) is 18.9 Å². The molecule has 1 saturated heterocycles. The van der Waals surface area contributed by atoms with Crippen molar-refractivity contribution in [2.75, 3.05) is 20.1 Å². The predicted molar refractivity (Wildman–Crippen MR) is 109 cm³/mol. The molecule has 1 aromatic carbocycles. The molecule has 2 fully saturated rings. The van der Waals surface area contributed by atoms with E-state index in [-0.39, 0.29) is 36.0 Å². The van der Waals surface area contributed by atoms with Crippen molar-refractivity contribution in [2.24, 2.45) is 0 Å². The van der Waals surface area contributed by atoms with Crippen LogP contribution in [0.5, 0.6) is 0 Å². The van der Waals surface area contributed by atoms with Crippen LogP contribution in [0, 0.1) is 10.1 Å². The molecule has 0 bridgehead atoms. The van der Waals surface area contributed by atoms with Crippen LogP contribution < -0.4 is 0 Å². The molecule has 3 rings (SSSR count). The van der Waals surface area contributed by atoms with Crippen LogP contribution in [-0.2, 0) is 17.4 Å². The Kier molecular flexibility index (Phi) is 8.10. The highest BCUT2D eigenvalue weighted by Gasteiger charge is 2.40. The molecule has 0 aromatic heterocycles. The highest BCUT2D eigenvalue weighted by Crippen LogP contribution is 2.38. The third-order valence-electron chi connectivity index (χ3n) is 6.14. The summed E-state index contributed by atoms with van der Waals surface area (Å²) in [5.41, 5.74) is -2.54. The molecular weight excluding hydrogens is 423 g/mol. The van der Waals surface area contributed by atoms with Crippen molar-refractivity contribution in [2.45, 2.75) is 63.2 Å². The molecule has 6 nitrogen and oxygen atoms in total. The van der Waals surface area contributed by atoms with Gasteiger partial charge in [-0.2, -0.15) is 13.2 Å². The van der Waals surface area contributed by atoms with E-state index in [9.17, 15) is 28.1 Å². The number of carbonyl (C=O) groups excluding carboxylic acids is 1. The standard InChI is InChI=1S/C20H26F3N3O3.ClH/c1-24(16-9-2-3-10-17(16)25-11-4-5-12-25)18(27)13-14-7-6-8-15(20(21,22)23)19(14)26(28)29;/h6-8,16-17H,2-5,9-13H2,1H3;1H. The molecule has 30 heavy (non-hydrogen) atoms. The molecule has 10 heteroatoms. The smallest absolute Gasteiger partial charge is 0.341 e. The van der Waals surface area contributed by atoms with E-state index in [2.05, 4.69) is 4.90 Å². The van der Waals surface area contributed by atoms with Crippen LogP contribution in [0.2, 0.25) is 0 Å². The summed E-state index contributed by atoms with van der Waals surface area (Å²) < 4.78 is 39.6. The van der Waals surface area contributed by atoms with E-state index < -0.39 is 28.8 Å². The first-order valence-electron chi connectivity index (χ1n) is 10.0. The van der Waals surface area contributed by atoms with E-state index in [0.29, 0.717) is 6.07 Å². The number of likely N-dealkylation sites (tertiary alicyclic amines) is 1. The van der Waals surface area contributed by atoms with Crippen molar-refractivity contribution in [3.05, 3.63) is 39.4 Å². The van der Waals surface area contributed by atoms with Gasteiger partial charge in [0.05, 0.1) is 11.3 Å². The fourth-order valence-electron chi connectivity index (χ4n) is 4.69. The molecule has 1 aliphatic heterocycles. The fourth-order valence-corrected chi connectivity index (χ4v) is 4.69. The van der Waals surface area contributed by atoms with Crippen molar-refractivity contribution in [3.63, 3.8) is 0 Å². The molecule has 0 spiro atoms. The van der Waals surface area contributed by atoms with Crippen LogP contribution in [-0.4, -0.2) is 52.9 Å². The minimum absolute atomic E-state index is 0. The van der Waals surface area contributed by atoms with Gasteiger partial charge in [-0.05, 0) is 44.8 Å². The summed E-state index contributed by atoms with van der Waals surface area (Å²) in [6.07, 6.45) is 0.932. The summed E-state index contributed by atoms with van der Waals surface area (Å²) in [4.78, 5) is 27.2. The quantitative estimate of drug-likeness (QED) is 0.492. The van der Waals surface area contributed by atoms with E-state index >= 15 is 0 Å². The lowest BCUT2D eigenvalue weighted by molar-refractivity contribution is -0.388. The van der Waals surface area contributed by atoms with Crippen LogP contribution in [0.25, 0.3) is 0 Å². The molecule has 1 amide bonds. The van der Waals surface area contributed by atoms with Gasteiger partial charge in [0, 0.05) is 24.7 Å². The zero-order chi connectivity index (χ0) is 21.2. The third-order valence-corrected chi connectivity index (χ3v) is 6.14. The van der Waals surface area contributed by atoms with Gasteiger partial charge in [-0.1, -0.05) is 25.0 Å². The van der Waals surface area contributed by atoms with Crippen LogP contribution in [0.3, 0.4) is 0 Å². The monoisotopic (exact) mass is 449 g/mol. The predicted octanol–water partition coefficient (Wildman–Crippen LogP) is 4.44. The van der Waals surface area contributed by atoms with Crippen molar-refractivity contribution in [3.8, 4) is 0 Å². The number of nitro groups is 1. The first-order chi connectivity index (χ1) is 13.7. The number of amides is 1. The molecular formula is C20H27ClF3N3O3. The Balaban J connectivity index is 0.00000320. The Labute approximate surface area is 180 Å². The summed E-state index contributed by atoms with van der Waals surface area (Å²) in [6.45, 7) is 2.00. The Bertz CT molecular complexity index is 769. The zero-order valence-corrected chi connectivity index (χ0v) is 17.7. The van der Waals surface area contributed by atoms with E-state index in [1.165, 1.54) is 6.07 Å². The van der Waals surface area contributed by atoms with E-state index in [1.54, 1.807) is 11.9 Å². The molecule has 1 aliphatic carbocycles. The van der Waals surface area contributed by atoms with Gasteiger partial charge in [0.1, 0.15) is 5.56 Å². The van der Waals surface area contributed by atoms with Gasteiger partial charge in [-0.3, -0.25) is 19.8 Å². The van der Waals surface area contributed by atoms with Gasteiger partial charge >= 0.3 is 6.18 Å². The maximum Gasteiger partial charge on any atom is 0.423 e. The third kappa shape index (κ3) is 5.24. The fraction of sp³-hybridized carbons (Fsp3) is 0.650. The normalized spacial score (nSPS) is 22.4. The van der Waals surface area contributed by atoms with E-state index in [0.717, 1.165) is 57.7 Å². The van der Waals surface area contributed by atoms with Crippen molar-refractivity contribution in [1.29, 1.82) is 0 Å². The Morgan fingerprint density at radius 3 is 2.43 bits per heavy atom. The number of alkyl halides is 3. The van der Waals surface area contributed by atoms with Crippen molar-refractivity contribution >= 4 is 24.0 Å². The van der Waals surface area contributed by atoms with Gasteiger partial charge in [0.25, 0.3) is 5.69 Å². The molecule has 168 valence electrons. The van der Waals surface area contributed by atoms with Crippen LogP contribution in [0.15, 0.2) is 18.2 Å². The first kappa shape index (κ1) is 24.4. The average molecular weight is 450 g/mol. The number of rotatable bonds is 5. The first-order valence-corrected chi connectivity index (χ1v) is 10.0. The number of likely N-dealkylation sites (N-methyl/N-ethyl adjacent to an activating group) is 1. The number of para-hydroxylation sites is 1. The Morgan fingerprint density at radius 2 is 1.83 bits per heavy atom. The second kappa shape index (κ2) is 9.96. The number of benzene rings is 1. The molecule has 2 aliphatic rings. The second-order valence-corrected chi connectivity index (χ2v) is 7.91. The number of nitrogens with zero attached hydrogens (tertiary/aromatic N) is 3. The van der Waals surface area contributed by atoms with Crippen molar-refractivity contribution < 1.29 is 22.9 Å². The van der Waals surface area contributed by atoms with Gasteiger partial charge in [0.15, 0.2) is 0 Å². The molecule has 1 saturated carbocycles. The zero-order valence-electron chi connectivity index (χ0n) is 16.9. The minimum atomic E-state index is -4.85. The van der Waals surface area contributed by atoms with Gasteiger partial charge in [-0.15, -0.1) is 12.4 Å². The van der Waals surface area contributed by atoms with Crippen LogP contribution in [0.1, 0.15) is 49.7 Å². The summed E-state index contributed by atoms with van der Waals surface area (Å²) in [7, 11) is 1.67. The molecule has 2 unspecified atom stereocenters. The summed E-state index contributed by atoms with van der Waals surface area (Å²) >= 11 is 0. The highest BCUT2D eigenvalue weighted by atomic mass is 35.5. The number of hydrogen-bond acceptors (Lipinski definition) is 4. The van der Waals surface area contributed by atoms with Gasteiger partial charge < -0.3 is 4.90 Å². The lowest BCUT2D eigenvalue weighted by atomic mass is 9.88. The van der Waals surface area contributed by atoms with Crippen LogP contribution >= 0.6 is 12.4 Å². The van der Waals surface area contributed by atoms with Gasteiger partial charge in [-0.25, -0.2) is 0 Å². The Hall–Kier alpha value is -1.87. The largest absolute Gasteiger partial charge is 0.423 e. The number of nitro benzene ring substituents is 1. The van der Waals surface area contributed by atoms with E-state index in [1.807, 2.05) is 0 Å². The molecule has 0 radical (unpaired) electrons. The minimum Gasteiger partial charge on any atom is -0.341 e. The molecule has 0 N–H and O–H groups in total. The summed E-state index contributed by atoms with van der Waals surface area (Å²) in [6, 6.07) is 3.26. The SMILES string of the molecule is CN(C(=O)Cc1cccc(C(F)(F)F)c1[N+](=O)[O-])C1CCCCC1N1CCCC1.Cl. The molecule has 2 atom stereocenters. The maximum absolute atomic E-state index is 13.2. The summed E-state index contributed by atoms with van der Waals surface area (Å²) in [5.74, 6) is -0.386.